The zero-order valence-electron chi connectivity index (χ0n) is 10.8. The third kappa shape index (κ3) is 3.68. The van der Waals surface area contributed by atoms with Gasteiger partial charge < -0.3 is 15.0 Å². The average molecular weight is 240 g/mol. The first-order chi connectivity index (χ1) is 8.29. The fourth-order valence-corrected chi connectivity index (χ4v) is 2.80. The molecule has 0 spiro atoms. The Hall–Kier alpha value is -0.610. The van der Waals surface area contributed by atoms with Crippen LogP contribution in [0.5, 0.6) is 0 Å². The van der Waals surface area contributed by atoms with Crippen molar-refractivity contribution in [3.8, 4) is 0 Å². The topological polar surface area (TPSA) is 41.6 Å². The maximum atomic E-state index is 12.0. The summed E-state index contributed by atoms with van der Waals surface area (Å²) in [7, 11) is 1.76. The first-order valence-electron chi connectivity index (χ1n) is 6.83. The number of piperidine rings is 1. The number of ether oxygens (including phenoxy) is 1. The maximum absolute atomic E-state index is 12.0. The van der Waals surface area contributed by atoms with Gasteiger partial charge in [-0.15, -0.1) is 0 Å². The maximum Gasteiger partial charge on any atom is 0.222 e. The van der Waals surface area contributed by atoms with Crippen LogP contribution in [0.1, 0.15) is 38.5 Å². The fraction of sp³-hybridized carbons (Fsp3) is 0.923. The Morgan fingerprint density at radius 2 is 2.12 bits per heavy atom. The van der Waals surface area contributed by atoms with Crippen LogP contribution in [0.4, 0.5) is 0 Å². The highest BCUT2D eigenvalue weighted by molar-refractivity contribution is 5.76. The minimum absolute atomic E-state index is 0.327. The van der Waals surface area contributed by atoms with Gasteiger partial charge in [-0.1, -0.05) is 0 Å². The first-order valence-corrected chi connectivity index (χ1v) is 6.83. The number of carbonyl (C=O) groups is 1. The minimum atomic E-state index is 0.327. The molecule has 0 saturated carbocycles. The van der Waals surface area contributed by atoms with Gasteiger partial charge in [0.1, 0.15) is 0 Å². The van der Waals surface area contributed by atoms with Gasteiger partial charge in [-0.2, -0.15) is 0 Å². The molecule has 17 heavy (non-hydrogen) atoms. The number of rotatable bonds is 4. The van der Waals surface area contributed by atoms with Gasteiger partial charge in [0.25, 0.3) is 0 Å². The molecule has 4 nitrogen and oxygen atoms in total. The van der Waals surface area contributed by atoms with Gasteiger partial charge in [0.15, 0.2) is 0 Å². The van der Waals surface area contributed by atoms with Crippen LogP contribution in [0.15, 0.2) is 0 Å². The Balaban J connectivity index is 1.66. The van der Waals surface area contributed by atoms with Crippen LogP contribution in [0.2, 0.25) is 0 Å². The van der Waals surface area contributed by atoms with Crippen molar-refractivity contribution in [1.82, 2.24) is 10.2 Å². The fourth-order valence-electron chi connectivity index (χ4n) is 2.80. The molecule has 2 saturated heterocycles. The second-order valence-electron chi connectivity index (χ2n) is 5.15. The standard InChI is InChI=1S/C13H24N2O2/c1-17-12-6-9-15(10-7-12)13(16)5-4-11-3-2-8-14-11/h11-12,14H,2-10H2,1H3. The highest BCUT2D eigenvalue weighted by Crippen LogP contribution is 2.16. The van der Waals surface area contributed by atoms with Gasteiger partial charge in [-0.25, -0.2) is 0 Å². The summed E-state index contributed by atoms with van der Waals surface area (Å²) >= 11 is 0. The SMILES string of the molecule is COC1CCN(C(=O)CCC2CCCN2)CC1. The lowest BCUT2D eigenvalue weighted by molar-refractivity contribution is -0.133. The lowest BCUT2D eigenvalue weighted by atomic mass is 10.1. The van der Waals surface area contributed by atoms with Crippen molar-refractivity contribution in [3.05, 3.63) is 0 Å². The van der Waals surface area contributed by atoms with Gasteiger partial charge in [0, 0.05) is 32.7 Å². The van der Waals surface area contributed by atoms with Gasteiger partial charge in [-0.05, 0) is 38.6 Å². The van der Waals surface area contributed by atoms with Gasteiger partial charge in [0.05, 0.1) is 6.10 Å². The zero-order chi connectivity index (χ0) is 12.1. The van der Waals surface area contributed by atoms with E-state index in [2.05, 4.69) is 5.32 Å². The smallest absolute Gasteiger partial charge is 0.222 e. The van der Waals surface area contributed by atoms with Crippen LogP contribution in [0.3, 0.4) is 0 Å². The van der Waals surface area contributed by atoms with Crippen molar-refractivity contribution >= 4 is 5.91 Å². The third-order valence-corrected chi connectivity index (χ3v) is 4.00. The Bertz CT molecular complexity index is 244. The Labute approximate surface area is 104 Å². The first kappa shape index (κ1) is 12.8. The highest BCUT2D eigenvalue weighted by atomic mass is 16.5. The Morgan fingerprint density at radius 3 is 2.71 bits per heavy atom. The monoisotopic (exact) mass is 240 g/mol. The van der Waals surface area contributed by atoms with Crippen LogP contribution in [0, 0.1) is 0 Å². The number of hydrogen-bond acceptors (Lipinski definition) is 3. The van der Waals surface area contributed by atoms with E-state index in [1.807, 2.05) is 4.90 Å². The molecule has 2 aliphatic heterocycles. The van der Waals surface area contributed by atoms with E-state index in [0.717, 1.165) is 38.9 Å². The summed E-state index contributed by atoms with van der Waals surface area (Å²) in [6.07, 6.45) is 6.54. The van der Waals surface area contributed by atoms with Crippen molar-refractivity contribution in [3.63, 3.8) is 0 Å². The third-order valence-electron chi connectivity index (χ3n) is 4.00. The predicted molar refractivity (Wildman–Crippen MR) is 66.9 cm³/mol. The molecule has 1 amide bonds. The van der Waals surface area contributed by atoms with Crippen LogP contribution in [0.25, 0.3) is 0 Å². The molecule has 0 aliphatic carbocycles. The summed E-state index contributed by atoms with van der Waals surface area (Å²) in [4.78, 5) is 14.0. The average Bonchev–Trinajstić information content (AvgIpc) is 2.89. The summed E-state index contributed by atoms with van der Waals surface area (Å²) in [5, 5.41) is 3.44. The van der Waals surface area contributed by atoms with Crippen LogP contribution in [-0.2, 0) is 9.53 Å². The molecule has 1 atom stereocenters. The summed E-state index contributed by atoms with van der Waals surface area (Å²) in [5.41, 5.74) is 0. The summed E-state index contributed by atoms with van der Waals surface area (Å²) < 4.78 is 5.31. The second-order valence-corrected chi connectivity index (χ2v) is 5.15. The molecule has 1 N–H and O–H groups in total. The van der Waals surface area contributed by atoms with Crippen molar-refractivity contribution in [2.45, 2.75) is 50.7 Å². The summed E-state index contributed by atoms with van der Waals surface area (Å²) in [6.45, 7) is 2.86. The second kappa shape index (κ2) is 6.36. The highest BCUT2D eigenvalue weighted by Gasteiger charge is 2.23. The van der Waals surface area contributed by atoms with E-state index in [0.29, 0.717) is 24.5 Å². The summed E-state index contributed by atoms with van der Waals surface area (Å²) in [6, 6.07) is 0.579. The number of likely N-dealkylation sites (tertiary alicyclic amines) is 1. The number of hydrogen-bond donors (Lipinski definition) is 1. The lowest BCUT2D eigenvalue weighted by Crippen LogP contribution is -2.41. The van der Waals surface area contributed by atoms with Gasteiger partial charge in [-0.3, -0.25) is 4.79 Å². The van der Waals surface area contributed by atoms with E-state index in [1.54, 1.807) is 7.11 Å². The van der Waals surface area contributed by atoms with Crippen molar-refractivity contribution < 1.29 is 9.53 Å². The van der Waals surface area contributed by atoms with Crippen LogP contribution >= 0.6 is 0 Å². The normalized spacial score (nSPS) is 26.4. The van der Waals surface area contributed by atoms with E-state index in [9.17, 15) is 4.79 Å². The van der Waals surface area contributed by atoms with E-state index in [-0.39, 0.29) is 0 Å². The number of carbonyl (C=O) groups excluding carboxylic acids is 1. The number of methoxy groups -OCH3 is 1. The van der Waals surface area contributed by atoms with E-state index in [4.69, 9.17) is 4.74 Å². The summed E-state index contributed by atoms with van der Waals surface area (Å²) in [5.74, 6) is 0.327. The quantitative estimate of drug-likeness (QED) is 0.801. The van der Waals surface area contributed by atoms with Gasteiger partial charge in [0.2, 0.25) is 5.91 Å². The van der Waals surface area contributed by atoms with Crippen molar-refractivity contribution in [1.29, 1.82) is 0 Å². The van der Waals surface area contributed by atoms with Crippen LogP contribution < -0.4 is 5.32 Å². The number of nitrogens with one attached hydrogen (secondary N) is 1. The van der Waals surface area contributed by atoms with Crippen molar-refractivity contribution in [2.24, 2.45) is 0 Å². The van der Waals surface area contributed by atoms with E-state index < -0.39 is 0 Å². The minimum Gasteiger partial charge on any atom is -0.381 e. The predicted octanol–water partition coefficient (Wildman–Crippen LogP) is 1.16. The molecule has 98 valence electrons. The molecule has 1 unspecified atom stereocenters. The molecular weight excluding hydrogens is 216 g/mol. The molecule has 2 heterocycles. The molecule has 4 heteroatoms. The van der Waals surface area contributed by atoms with Gasteiger partial charge >= 0.3 is 0 Å². The number of nitrogens with zero attached hydrogens (tertiary/aromatic N) is 1. The molecule has 0 aromatic rings. The molecule has 0 bridgehead atoms. The molecule has 2 aliphatic rings. The largest absolute Gasteiger partial charge is 0.381 e. The van der Waals surface area contributed by atoms with E-state index in [1.165, 1.54) is 12.8 Å². The molecule has 0 radical (unpaired) electrons. The molecule has 0 aromatic heterocycles. The van der Waals surface area contributed by atoms with E-state index >= 15 is 0 Å². The zero-order valence-corrected chi connectivity index (χ0v) is 10.8. The van der Waals surface area contributed by atoms with Crippen molar-refractivity contribution in [2.75, 3.05) is 26.7 Å². The lowest BCUT2D eigenvalue weighted by Gasteiger charge is -2.31. The molecule has 0 aromatic carbocycles. The Kier molecular flexibility index (Phi) is 4.80. The molecule has 2 fully saturated rings. The number of amides is 1. The molecular formula is C13H24N2O2. The molecule has 2 rings (SSSR count). The Morgan fingerprint density at radius 1 is 1.35 bits per heavy atom. The van der Waals surface area contributed by atoms with Crippen LogP contribution in [-0.4, -0.2) is 49.7 Å².